The zero-order chi connectivity index (χ0) is 104. The van der Waals surface area contributed by atoms with E-state index in [1.54, 1.807) is 64.2 Å². The number of aliphatic hydroxyl groups is 22. The van der Waals surface area contributed by atoms with E-state index < -0.39 is 248 Å². The number of hydrogen-bond acceptors (Lipinski definition) is 23. The summed E-state index contributed by atoms with van der Waals surface area (Å²) in [4.78, 5) is 94.6. The molecule has 0 bridgehead atoms. The van der Waals surface area contributed by atoms with Gasteiger partial charge in [-0.1, -0.05) is 76.2 Å². The lowest BCUT2D eigenvalue weighted by Gasteiger charge is -2.32. The van der Waals surface area contributed by atoms with Gasteiger partial charge in [-0.05, 0) is 199 Å². The Labute approximate surface area is 797 Å². The quantitative estimate of drug-likeness (QED) is 0.0184. The molecule has 45 heteroatoms. The second kappa shape index (κ2) is 49.0. The van der Waals surface area contributed by atoms with Gasteiger partial charge in [0.05, 0.1) is 19.3 Å². The van der Waals surface area contributed by atoms with E-state index in [0.29, 0.717) is 6.42 Å². The molecular formula is C92H144N22O23. The first-order valence-electron chi connectivity index (χ1n) is 44.8. The van der Waals surface area contributed by atoms with Crippen LogP contribution in [-0.2, 0) is 17.6 Å². The van der Waals surface area contributed by atoms with E-state index in [1.165, 1.54) is 136 Å². The molecule has 1 aliphatic heterocycles. The zero-order valence-electron chi connectivity index (χ0n) is 82.4. The van der Waals surface area contributed by atoms with Crippen molar-refractivity contribution in [2.24, 2.45) is 95.8 Å². The van der Waals surface area contributed by atoms with Crippen LogP contribution in [0.3, 0.4) is 0 Å². The molecule has 45 nitrogen and oxygen atoms in total. The molecule has 1 fully saturated rings. The van der Waals surface area contributed by atoms with Crippen molar-refractivity contribution in [3.63, 3.8) is 0 Å². The van der Waals surface area contributed by atoms with Crippen molar-refractivity contribution in [3.05, 3.63) is 71.9 Å². The summed E-state index contributed by atoms with van der Waals surface area (Å²) in [7, 11) is 0. The number of aliphatic hydroxyl groups excluding tert-OH is 22. The summed E-state index contributed by atoms with van der Waals surface area (Å²) in [5, 5.41) is 261. The lowest BCUT2D eigenvalue weighted by atomic mass is 9.97. The highest BCUT2D eigenvalue weighted by atomic mass is 16.3. The van der Waals surface area contributed by atoms with Crippen molar-refractivity contribution >= 4 is 135 Å². The normalized spacial score (nSPS) is 19.1. The van der Waals surface area contributed by atoms with E-state index in [4.69, 9.17) is 10.8 Å². The molecule has 0 spiro atoms. The van der Waals surface area contributed by atoms with Crippen LogP contribution in [0, 0.1) is 16.7 Å². The second-order valence-corrected chi connectivity index (χ2v) is 37.9. The van der Waals surface area contributed by atoms with Gasteiger partial charge in [0, 0.05) is 49.8 Å². The standard InChI is InChI=1S/C92H144N22O23/c1-24-91(22,113-80(134)88(16,17)108-73(127)62(48-116)104-76(130)84(8,9)107-72(126)61(99-52(7)117)43-53-32-27-26-28-33-53)81(135)103-60(42-49(3)4)71(125)101-58(37-39-64(93)118)69(123)96-46-66(120)105-87(14,15)78(132)110-85(10,11)75(129)98-50(5)67(121)97-51(6)68(122)106-90(20,21)83(137)114-41-31-36-63(114)74(128)109-92(23,25-2)82(136)112-89(18,19)79(133)111-86(12,13)77(131)102-59(38-40-65(94)119)70(124)100-55(47-115)44-54-45-95-57-35-30-29-34-56(54)57/h26-30,32-35,45,49-51,55,58-63,95,115-116H,24-25,31,36-44,46-48H2,1-23H3,(H2,93,118)(H2,94,119)(H,96,123)(H,97,121)(H,98,129)(H,99,117)(H,100,124)(H,101,125)(H,102,131)(H,103,135)(H,104,130)(H,105,120)(H,106,122)(H,107,126)(H,108,127)(H,109,128)(H,110,132)(H,111,133)(H,112,136)(H,113,134). The predicted molar refractivity (Wildman–Crippen MR) is 539 cm³/mol. The number of likely N-dealkylation sites (tertiary alicyclic amines) is 1. The van der Waals surface area contributed by atoms with Crippen LogP contribution in [0.5, 0.6) is 0 Å². The Morgan fingerprint density at radius 1 is 0.431 bits per heavy atom. The molecule has 0 radical (unpaired) electrons. The van der Waals surface area contributed by atoms with E-state index in [0.717, 1.165) is 22.0 Å². The summed E-state index contributed by atoms with van der Waals surface area (Å²) >= 11 is 0. The molecule has 4 rings (SSSR count). The average molecular weight is 1930 g/mol. The molecule has 2 aromatic carbocycles. The number of benzene rings is 2. The number of carbonyl (C=O) groups excluding carboxylic acids is 1. The Balaban J connectivity index is 1.52. The molecule has 1 aromatic heterocycles. The van der Waals surface area contributed by atoms with Gasteiger partial charge in [0.15, 0.2) is 23.7 Å². The maximum atomic E-state index is 14.4. The van der Waals surface area contributed by atoms with Crippen LogP contribution >= 0.6 is 0 Å². The molecule has 11 atom stereocenters. The van der Waals surface area contributed by atoms with Crippen molar-refractivity contribution in [1.82, 2.24) is 9.88 Å². The van der Waals surface area contributed by atoms with E-state index >= 15 is 0 Å². The Kier molecular flexibility index (Phi) is 41.5. The van der Waals surface area contributed by atoms with Crippen molar-refractivity contribution < 1.29 is 117 Å². The van der Waals surface area contributed by atoms with Gasteiger partial charge in [-0.15, -0.1) is 0 Å². The lowest BCUT2D eigenvalue weighted by Crippen LogP contribution is -2.50. The highest BCUT2D eigenvalue weighted by Crippen LogP contribution is 2.32. The third kappa shape index (κ3) is 34.2. The molecule has 3 aromatic rings. The van der Waals surface area contributed by atoms with Crippen LogP contribution < -0.4 is 0 Å². The highest BCUT2D eigenvalue weighted by molar-refractivity contribution is 6.01. The van der Waals surface area contributed by atoms with Crippen LogP contribution in [0.1, 0.15) is 228 Å². The van der Waals surface area contributed by atoms with Crippen LogP contribution in [0.25, 0.3) is 10.9 Å². The minimum atomic E-state index is -1.85. The molecule has 1 saturated heterocycles. The van der Waals surface area contributed by atoms with Gasteiger partial charge < -0.3 is 122 Å². The smallest absolute Gasteiger partial charge is 0.250 e. The Bertz CT molecular complexity index is 5260. The number of fused-ring (bicyclic) bond motifs is 1. The Morgan fingerprint density at radius 3 is 1.40 bits per heavy atom. The first-order chi connectivity index (χ1) is 63.2. The molecule has 2 heterocycles. The van der Waals surface area contributed by atoms with Gasteiger partial charge in [-0.3, -0.25) is 15.6 Å². The van der Waals surface area contributed by atoms with E-state index in [9.17, 15) is 117 Å². The number of aliphatic imine (C=N–C) groups is 18. The fraction of sp³-hybridized carbons (Fsp3) is 0.620. The molecule has 1 amide bonds. The lowest BCUT2D eigenvalue weighted by molar-refractivity contribution is -0.135. The van der Waals surface area contributed by atoms with Crippen LogP contribution in [0.15, 0.2) is 151 Å². The summed E-state index contributed by atoms with van der Waals surface area (Å²) in [6.45, 7) is 30.3. The van der Waals surface area contributed by atoms with Gasteiger partial charge >= 0.3 is 0 Å². The number of nitrogens with zero attached hydrogens (tertiary/aromatic N) is 19. The number of amides is 1. The maximum Gasteiger partial charge on any atom is 0.250 e. The summed E-state index contributed by atoms with van der Waals surface area (Å²) in [6, 6.07) is 4.64. The number of aromatic amines is 1. The number of aromatic nitrogens is 1. The minimum Gasteiger partial charge on any atom is -0.497 e. The van der Waals surface area contributed by atoms with E-state index in [2.05, 4.69) is 94.8 Å². The topological polar surface area (TPSA) is 751 Å². The third-order valence-corrected chi connectivity index (χ3v) is 22.3. The second-order valence-electron chi connectivity index (χ2n) is 37.9. The number of nitrogens with one attached hydrogen (secondary N) is 3. The largest absolute Gasteiger partial charge is 0.497 e. The van der Waals surface area contributed by atoms with Crippen molar-refractivity contribution in [2.75, 3.05) is 26.3 Å². The molecule has 760 valence electrons. The van der Waals surface area contributed by atoms with Gasteiger partial charge in [-0.25, -0.2) is 89.9 Å². The zero-order valence-corrected chi connectivity index (χ0v) is 82.4. The monoisotopic (exact) mass is 1930 g/mol. The Hall–Kier alpha value is -13.2. The number of rotatable bonds is 52. The summed E-state index contributed by atoms with van der Waals surface area (Å²) < 4.78 is 0. The maximum absolute atomic E-state index is 14.4. The fourth-order valence-corrected chi connectivity index (χ4v) is 13.2. The minimum absolute atomic E-state index is 0.00195. The third-order valence-electron chi connectivity index (χ3n) is 22.3. The van der Waals surface area contributed by atoms with Gasteiger partial charge in [0.1, 0.15) is 98.7 Å². The van der Waals surface area contributed by atoms with Gasteiger partial charge in [-0.2, -0.15) is 0 Å². The van der Waals surface area contributed by atoms with E-state index in [1.807, 2.05) is 24.3 Å². The summed E-state index contributed by atoms with van der Waals surface area (Å²) in [5.41, 5.74) is -13.6. The van der Waals surface area contributed by atoms with Crippen LogP contribution in [0.4, 0.5) is 0 Å². The van der Waals surface area contributed by atoms with Gasteiger partial charge in [0.2, 0.25) is 100 Å². The molecule has 1 aliphatic rings. The number of para-hydroxylation sites is 1. The average Bonchev–Trinajstić information content (AvgIpc) is 1.78. The first kappa shape index (κ1) is 116. The summed E-state index contributed by atoms with van der Waals surface area (Å²) in [6.07, 6.45) is 1.25. The number of hydrogen-bond donors (Lipinski definition) is 25. The van der Waals surface area contributed by atoms with Crippen LogP contribution in [-0.4, -0.2) is 377 Å². The van der Waals surface area contributed by atoms with E-state index in [-0.39, 0.29) is 76.1 Å². The highest BCUT2D eigenvalue weighted by Gasteiger charge is 2.45. The number of carbonyl (C=O) groups is 1. The van der Waals surface area contributed by atoms with Crippen LogP contribution in [0.2, 0.25) is 0 Å². The molecule has 137 heavy (non-hydrogen) atoms. The molecule has 0 saturated carbocycles. The fourth-order valence-electron chi connectivity index (χ4n) is 13.2. The molecule has 0 aliphatic carbocycles. The first-order valence-corrected chi connectivity index (χ1v) is 44.8. The molecule has 25 N–H and O–H groups in total. The number of H-pyrrole nitrogens is 1. The Morgan fingerprint density at radius 2 is 0.876 bits per heavy atom. The summed E-state index contributed by atoms with van der Waals surface area (Å²) in [5.74, 6) is -15.6. The van der Waals surface area contributed by atoms with Crippen molar-refractivity contribution in [3.8, 4) is 0 Å². The van der Waals surface area contributed by atoms with Gasteiger partial charge in [0.25, 0.3) is 5.91 Å². The molecule has 11 unspecified atom stereocenters. The van der Waals surface area contributed by atoms with Crippen molar-refractivity contribution in [1.29, 1.82) is 10.8 Å². The predicted octanol–water partition coefficient (Wildman–Crippen LogP) is 13.6. The SMILES string of the molecule is CCC(C)(N=C(O)C1CCCN1C(=O)C(C)(C)N=C(O)C(C)N=C(O)C(C)N=C(O)C(C)(C)N=C(O)C(C)(C)N=C(O)CN=C(O)C(CCC(=N)O)N=C(O)C(CC(C)C)N=C(O)C(C)(CC)N=C(O)C(C)(C)N=C(O)C(CO)N=C(O)C(C)(C)N=C(O)C(Cc1ccccc1)N=C(C)O)C(O)=NC(C)(C)C(O)=NC(C)(C)C(O)=NC(CCC(=N)O)C(O)=NC(CO)Cc1c[nH]c2ccccc12. The van der Waals surface area contributed by atoms with Crippen molar-refractivity contribution in [2.45, 2.75) is 334 Å². The molecular weight excluding hydrogens is 1780 g/mol.